The van der Waals surface area contributed by atoms with Crippen molar-refractivity contribution in [3.63, 3.8) is 0 Å². The van der Waals surface area contributed by atoms with Gasteiger partial charge in [-0.15, -0.1) is 0 Å². The molecule has 1 N–H and O–H groups in total. The molecule has 0 saturated carbocycles. The van der Waals surface area contributed by atoms with Crippen LogP contribution in [0.2, 0.25) is 0 Å². The van der Waals surface area contributed by atoms with Crippen LogP contribution in [0, 0.1) is 0 Å². The van der Waals surface area contributed by atoms with Crippen molar-refractivity contribution in [3.8, 4) is 0 Å². The van der Waals surface area contributed by atoms with Gasteiger partial charge in [0, 0.05) is 35.3 Å². The number of hydrogen-bond donors (Lipinski definition) is 1. The maximum Gasteiger partial charge on any atom is 0.323 e. The van der Waals surface area contributed by atoms with E-state index >= 15 is 0 Å². The summed E-state index contributed by atoms with van der Waals surface area (Å²) in [7, 11) is 1.63. The molecular weight excluding hydrogens is 275 g/mol. The average molecular weight is 283 g/mol. The van der Waals surface area contributed by atoms with Gasteiger partial charge in [-0.05, 0) is 6.07 Å². The van der Waals surface area contributed by atoms with Crippen LogP contribution < -0.4 is 5.32 Å². The first-order valence-electron chi connectivity index (χ1n) is 3.39. The molecule has 0 aliphatic carbocycles. The van der Waals surface area contributed by atoms with Crippen molar-refractivity contribution in [1.82, 2.24) is 0 Å². The van der Waals surface area contributed by atoms with E-state index in [0.29, 0.717) is 5.69 Å². The predicted octanol–water partition coefficient (Wildman–Crippen LogP) is 3.21. The van der Waals surface area contributed by atoms with Crippen LogP contribution in [0.4, 0.5) is 14.5 Å². The second-order valence-corrected chi connectivity index (χ2v) is 3.65. The Hall–Kier alpha value is -0.390. The summed E-state index contributed by atoms with van der Waals surface area (Å²) in [6, 6.07) is 6.36. The maximum atomic E-state index is 12.8. The number of nitrogens with one attached hydrogen (secondary N) is 1. The first-order valence-corrected chi connectivity index (χ1v) is 4.47. The monoisotopic (exact) mass is 283 g/mol. The van der Waals surface area contributed by atoms with Crippen LogP contribution in [0.15, 0.2) is 24.3 Å². The van der Waals surface area contributed by atoms with Crippen molar-refractivity contribution >= 4 is 28.3 Å². The lowest BCUT2D eigenvalue weighted by Crippen LogP contribution is -2.06. The van der Waals surface area contributed by atoms with E-state index in [9.17, 15) is 8.78 Å². The molecule has 66 valence electrons. The third kappa shape index (κ3) is 2.06. The van der Waals surface area contributed by atoms with Crippen molar-refractivity contribution < 1.29 is 8.78 Å². The van der Waals surface area contributed by atoms with Gasteiger partial charge in [0.15, 0.2) is 0 Å². The second kappa shape index (κ2) is 3.55. The first-order chi connectivity index (χ1) is 5.55. The van der Waals surface area contributed by atoms with Gasteiger partial charge in [-0.25, -0.2) is 0 Å². The molecule has 0 unspecified atom stereocenters. The molecule has 0 aliphatic rings. The Kier molecular flexibility index (Phi) is 2.87. The Balaban J connectivity index is 3.14. The van der Waals surface area contributed by atoms with Crippen molar-refractivity contribution in [2.75, 3.05) is 12.4 Å². The Morgan fingerprint density at radius 1 is 1.33 bits per heavy atom. The normalized spacial score (nSPS) is 11.3. The van der Waals surface area contributed by atoms with E-state index in [2.05, 4.69) is 5.32 Å². The average Bonchev–Trinajstić information content (AvgIpc) is 2.03. The molecule has 1 rings (SSSR count). The number of alkyl halides is 3. The number of hydrogen-bond acceptors (Lipinski definition) is 1. The van der Waals surface area contributed by atoms with Gasteiger partial charge < -0.3 is 5.32 Å². The van der Waals surface area contributed by atoms with E-state index in [1.807, 2.05) is 0 Å². The smallest absolute Gasteiger partial charge is 0.323 e. The molecule has 1 aromatic rings. The summed E-state index contributed by atoms with van der Waals surface area (Å²) < 4.78 is 22.9. The summed E-state index contributed by atoms with van der Waals surface area (Å²) in [5.74, 6) is 0. The summed E-state index contributed by atoms with van der Waals surface area (Å²) in [5.41, 5.74) is 0.491. The number of rotatable bonds is 2. The molecule has 4 heteroatoms. The van der Waals surface area contributed by atoms with E-state index in [-0.39, 0.29) is 5.56 Å². The van der Waals surface area contributed by atoms with E-state index in [1.165, 1.54) is 6.07 Å². The summed E-state index contributed by atoms with van der Waals surface area (Å²) in [6.07, 6.45) is 0. The van der Waals surface area contributed by atoms with Crippen LogP contribution in [0.25, 0.3) is 0 Å². The zero-order valence-electron chi connectivity index (χ0n) is 6.44. The highest BCUT2D eigenvalue weighted by Crippen LogP contribution is 2.38. The summed E-state index contributed by atoms with van der Waals surface area (Å²) in [6.45, 7) is 0. The highest BCUT2D eigenvalue weighted by Gasteiger charge is 2.29. The van der Waals surface area contributed by atoms with Gasteiger partial charge in [0.1, 0.15) is 0 Å². The molecule has 0 radical (unpaired) electrons. The molecule has 0 fully saturated rings. The number of para-hydroxylation sites is 1. The molecule has 0 amide bonds. The fraction of sp³-hybridized carbons (Fsp3) is 0.250. The van der Waals surface area contributed by atoms with Gasteiger partial charge in [0.2, 0.25) is 0 Å². The highest BCUT2D eigenvalue weighted by molar-refractivity contribution is 14.1. The minimum atomic E-state index is -2.81. The first kappa shape index (κ1) is 9.70. The number of benzene rings is 1. The zero-order valence-corrected chi connectivity index (χ0v) is 8.60. The van der Waals surface area contributed by atoms with Crippen molar-refractivity contribution in [2.45, 2.75) is 3.93 Å². The van der Waals surface area contributed by atoms with Gasteiger partial charge in [-0.1, -0.05) is 18.2 Å². The molecular formula is C8H8F2IN. The maximum absolute atomic E-state index is 12.8. The zero-order chi connectivity index (χ0) is 9.19. The van der Waals surface area contributed by atoms with Crippen LogP contribution in [-0.2, 0) is 3.93 Å². The van der Waals surface area contributed by atoms with Crippen LogP contribution in [0.1, 0.15) is 5.56 Å². The van der Waals surface area contributed by atoms with Crippen molar-refractivity contribution in [1.29, 1.82) is 0 Å². The quantitative estimate of drug-likeness (QED) is 0.649. The van der Waals surface area contributed by atoms with Crippen molar-refractivity contribution in [2.24, 2.45) is 0 Å². The van der Waals surface area contributed by atoms with Crippen LogP contribution in [0.5, 0.6) is 0 Å². The topological polar surface area (TPSA) is 12.0 Å². The molecule has 0 spiro atoms. The molecule has 12 heavy (non-hydrogen) atoms. The van der Waals surface area contributed by atoms with E-state index in [4.69, 9.17) is 0 Å². The van der Waals surface area contributed by atoms with Gasteiger partial charge in [0.05, 0.1) is 5.56 Å². The summed E-state index contributed by atoms with van der Waals surface area (Å²) in [5, 5.41) is 2.72. The lowest BCUT2D eigenvalue weighted by Gasteiger charge is -2.13. The Morgan fingerprint density at radius 2 is 1.92 bits per heavy atom. The van der Waals surface area contributed by atoms with E-state index < -0.39 is 3.93 Å². The Bertz CT molecular complexity index is 270. The van der Waals surface area contributed by atoms with Crippen LogP contribution in [0.3, 0.4) is 0 Å². The minimum Gasteiger partial charge on any atom is -0.388 e. The fourth-order valence-corrected chi connectivity index (χ4v) is 1.42. The van der Waals surface area contributed by atoms with Gasteiger partial charge >= 0.3 is 3.93 Å². The number of halogens is 3. The van der Waals surface area contributed by atoms with Gasteiger partial charge in [-0.2, -0.15) is 8.78 Å². The molecule has 0 bridgehead atoms. The lowest BCUT2D eigenvalue weighted by molar-refractivity contribution is 0.128. The second-order valence-electron chi connectivity index (χ2n) is 2.29. The summed E-state index contributed by atoms with van der Waals surface area (Å²) >= 11 is 1.12. The number of anilines is 1. The molecule has 0 aliphatic heterocycles. The molecule has 0 atom stereocenters. The predicted molar refractivity (Wildman–Crippen MR) is 53.9 cm³/mol. The molecule has 1 aromatic carbocycles. The highest BCUT2D eigenvalue weighted by atomic mass is 127. The third-order valence-corrected chi connectivity index (χ3v) is 2.08. The Morgan fingerprint density at radius 3 is 2.33 bits per heavy atom. The largest absolute Gasteiger partial charge is 0.388 e. The molecule has 0 saturated heterocycles. The minimum absolute atomic E-state index is 0.0214. The summed E-state index contributed by atoms with van der Waals surface area (Å²) in [4.78, 5) is 0. The Labute approximate surface area is 83.3 Å². The third-order valence-electron chi connectivity index (χ3n) is 1.50. The SMILES string of the molecule is CNc1ccccc1C(F)(F)I. The van der Waals surface area contributed by atoms with Crippen molar-refractivity contribution in [3.05, 3.63) is 29.8 Å². The fourth-order valence-electron chi connectivity index (χ4n) is 0.948. The lowest BCUT2D eigenvalue weighted by atomic mass is 10.2. The standard InChI is InChI=1S/C8H8F2IN/c1-12-7-5-3-2-4-6(7)8(9,10)11/h2-5,12H,1H3. The molecule has 0 aromatic heterocycles. The van der Waals surface area contributed by atoms with E-state index in [0.717, 1.165) is 22.6 Å². The molecule has 0 heterocycles. The van der Waals surface area contributed by atoms with E-state index in [1.54, 1.807) is 25.2 Å². The van der Waals surface area contributed by atoms with Crippen LogP contribution in [-0.4, -0.2) is 7.05 Å². The molecule has 1 nitrogen and oxygen atoms in total. The van der Waals surface area contributed by atoms with Gasteiger partial charge in [0.25, 0.3) is 0 Å². The van der Waals surface area contributed by atoms with Crippen LogP contribution >= 0.6 is 22.6 Å². The van der Waals surface area contributed by atoms with Gasteiger partial charge in [-0.3, -0.25) is 0 Å².